The molecular formula is C19H26N4O2. The minimum Gasteiger partial charge on any atom is -0.361 e. The molecule has 6 heteroatoms. The quantitative estimate of drug-likeness (QED) is 0.847. The molecule has 0 saturated carbocycles. The maximum atomic E-state index is 12.6. The maximum Gasteiger partial charge on any atom is 0.317 e. The van der Waals surface area contributed by atoms with Crippen LogP contribution in [0.25, 0.3) is 10.9 Å². The topological polar surface area (TPSA) is 68.4 Å². The van der Waals surface area contributed by atoms with Crippen LogP contribution in [0.15, 0.2) is 30.5 Å². The smallest absolute Gasteiger partial charge is 0.317 e. The van der Waals surface area contributed by atoms with Crippen molar-refractivity contribution >= 4 is 22.8 Å². The third-order valence-electron chi connectivity index (χ3n) is 4.70. The van der Waals surface area contributed by atoms with Gasteiger partial charge in [-0.1, -0.05) is 6.07 Å². The van der Waals surface area contributed by atoms with Crippen LogP contribution < -0.4 is 5.32 Å². The van der Waals surface area contributed by atoms with E-state index in [9.17, 15) is 9.59 Å². The molecule has 1 aromatic heterocycles. The third-order valence-corrected chi connectivity index (χ3v) is 4.70. The number of hydrogen-bond acceptors (Lipinski definition) is 2. The number of H-pyrrole nitrogens is 1. The molecular weight excluding hydrogens is 316 g/mol. The van der Waals surface area contributed by atoms with Crippen LogP contribution in [0.4, 0.5) is 4.79 Å². The summed E-state index contributed by atoms with van der Waals surface area (Å²) in [6.07, 6.45) is 3.46. The number of aromatic amines is 1. The number of carbonyl (C=O) groups excluding carboxylic acids is 2. The Hall–Kier alpha value is -2.50. The largest absolute Gasteiger partial charge is 0.361 e. The van der Waals surface area contributed by atoms with Crippen molar-refractivity contribution in [1.82, 2.24) is 20.1 Å². The van der Waals surface area contributed by atoms with Gasteiger partial charge in [0.05, 0.1) is 0 Å². The highest BCUT2D eigenvalue weighted by Gasteiger charge is 2.23. The molecule has 1 aliphatic rings. The second-order valence-corrected chi connectivity index (χ2v) is 6.71. The maximum absolute atomic E-state index is 12.6. The van der Waals surface area contributed by atoms with Crippen molar-refractivity contribution < 1.29 is 9.59 Å². The fraction of sp³-hybridized carbons (Fsp3) is 0.474. The molecule has 0 aliphatic carbocycles. The van der Waals surface area contributed by atoms with Gasteiger partial charge in [-0.3, -0.25) is 4.79 Å². The van der Waals surface area contributed by atoms with Gasteiger partial charge in [0, 0.05) is 50.4 Å². The van der Waals surface area contributed by atoms with E-state index in [-0.39, 0.29) is 18.0 Å². The Balaban J connectivity index is 1.57. The number of amides is 3. The summed E-state index contributed by atoms with van der Waals surface area (Å²) in [4.78, 5) is 31.1. The molecule has 0 bridgehead atoms. The Morgan fingerprint density at radius 3 is 2.96 bits per heavy atom. The molecule has 0 radical (unpaired) electrons. The minimum atomic E-state index is -0.0872. The summed E-state index contributed by atoms with van der Waals surface area (Å²) in [6, 6.07) is 8.07. The van der Waals surface area contributed by atoms with Crippen LogP contribution in [0.2, 0.25) is 0 Å². The number of aromatic nitrogens is 1. The van der Waals surface area contributed by atoms with E-state index in [0.29, 0.717) is 26.1 Å². The number of carbonyl (C=O) groups is 2. The fourth-order valence-electron chi connectivity index (χ4n) is 3.32. The zero-order valence-electron chi connectivity index (χ0n) is 14.9. The first-order valence-corrected chi connectivity index (χ1v) is 8.96. The zero-order valence-corrected chi connectivity index (χ0v) is 14.9. The predicted molar refractivity (Wildman–Crippen MR) is 98.2 cm³/mol. The molecule has 25 heavy (non-hydrogen) atoms. The molecule has 2 heterocycles. The average Bonchev–Trinajstić information content (AvgIpc) is 3.21. The van der Waals surface area contributed by atoms with E-state index in [1.54, 1.807) is 4.90 Å². The van der Waals surface area contributed by atoms with Gasteiger partial charge in [0.15, 0.2) is 0 Å². The van der Waals surface area contributed by atoms with Crippen molar-refractivity contribution in [3.05, 3.63) is 36.0 Å². The van der Waals surface area contributed by atoms with Crippen LogP contribution in [0.3, 0.4) is 0 Å². The average molecular weight is 342 g/mol. The van der Waals surface area contributed by atoms with Gasteiger partial charge in [-0.15, -0.1) is 0 Å². The molecule has 2 N–H and O–H groups in total. The lowest BCUT2D eigenvalue weighted by atomic mass is 10.1. The first-order chi connectivity index (χ1) is 12.1. The number of urea groups is 1. The Bertz CT molecular complexity index is 755. The van der Waals surface area contributed by atoms with Crippen LogP contribution in [-0.4, -0.2) is 52.4 Å². The molecule has 1 aliphatic heterocycles. The van der Waals surface area contributed by atoms with Crippen LogP contribution in [0, 0.1) is 0 Å². The molecule has 2 aromatic rings. The SMILES string of the molecule is CCN(Cc1ccc2[nH]ccc2c1)C(=O)N[C@@H](C)CN1CCCC1=O. The summed E-state index contributed by atoms with van der Waals surface area (Å²) >= 11 is 0. The first kappa shape index (κ1) is 17.3. The minimum absolute atomic E-state index is 0.0595. The van der Waals surface area contributed by atoms with Gasteiger partial charge in [0.2, 0.25) is 5.91 Å². The molecule has 1 saturated heterocycles. The highest BCUT2D eigenvalue weighted by molar-refractivity contribution is 5.80. The normalized spacial score (nSPS) is 15.6. The number of nitrogens with one attached hydrogen (secondary N) is 2. The Morgan fingerprint density at radius 2 is 2.24 bits per heavy atom. The van der Waals surface area contributed by atoms with E-state index < -0.39 is 0 Å². The molecule has 1 aromatic carbocycles. The van der Waals surface area contributed by atoms with Gasteiger partial charge in [-0.05, 0) is 49.4 Å². The number of rotatable bonds is 6. The third kappa shape index (κ3) is 4.13. The highest BCUT2D eigenvalue weighted by atomic mass is 16.2. The Kier molecular flexibility index (Phi) is 5.26. The van der Waals surface area contributed by atoms with Gasteiger partial charge < -0.3 is 20.1 Å². The highest BCUT2D eigenvalue weighted by Crippen LogP contribution is 2.16. The van der Waals surface area contributed by atoms with Crippen molar-refractivity contribution in [2.45, 2.75) is 39.3 Å². The number of hydrogen-bond donors (Lipinski definition) is 2. The molecule has 3 rings (SSSR count). The standard InChI is InChI=1S/C19H26N4O2/c1-3-22(13-15-6-7-17-16(11-15)8-9-20-17)19(25)21-14(2)12-23-10-4-5-18(23)24/h6-9,11,14,20H,3-5,10,12-13H2,1-2H3,(H,21,25)/t14-/m0/s1. The first-order valence-electron chi connectivity index (χ1n) is 8.96. The van der Waals surface area contributed by atoms with E-state index in [0.717, 1.165) is 29.4 Å². The lowest BCUT2D eigenvalue weighted by Gasteiger charge is -2.26. The van der Waals surface area contributed by atoms with E-state index in [2.05, 4.69) is 16.4 Å². The zero-order chi connectivity index (χ0) is 17.8. The Morgan fingerprint density at radius 1 is 1.40 bits per heavy atom. The van der Waals surface area contributed by atoms with Gasteiger partial charge in [0.1, 0.15) is 0 Å². The van der Waals surface area contributed by atoms with Gasteiger partial charge in [0.25, 0.3) is 0 Å². The van der Waals surface area contributed by atoms with Crippen LogP contribution in [-0.2, 0) is 11.3 Å². The molecule has 1 atom stereocenters. The summed E-state index contributed by atoms with van der Waals surface area (Å²) in [5.41, 5.74) is 2.20. The second-order valence-electron chi connectivity index (χ2n) is 6.71. The summed E-state index contributed by atoms with van der Waals surface area (Å²) in [5.74, 6) is 0.188. The van der Waals surface area contributed by atoms with Crippen LogP contribution in [0.1, 0.15) is 32.3 Å². The van der Waals surface area contributed by atoms with Crippen molar-refractivity contribution in [2.75, 3.05) is 19.6 Å². The van der Waals surface area contributed by atoms with Crippen LogP contribution in [0.5, 0.6) is 0 Å². The number of likely N-dealkylation sites (tertiary alicyclic amines) is 1. The van der Waals surface area contributed by atoms with Gasteiger partial charge >= 0.3 is 6.03 Å². The molecule has 134 valence electrons. The predicted octanol–water partition coefficient (Wildman–Crippen LogP) is 2.71. The molecule has 0 spiro atoms. The summed E-state index contributed by atoms with van der Waals surface area (Å²) < 4.78 is 0. The molecule has 0 unspecified atom stereocenters. The van der Waals surface area contributed by atoms with E-state index in [4.69, 9.17) is 0 Å². The summed E-state index contributed by atoms with van der Waals surface area (Å²) in [6.45, 7) is 6.50. The number of fused-ring (bicyclic) bond motifs is 1. The van der Waals surface area contributed by atoms with Crippen molar-refractivity contribution in [3.8, 4) is 0 Å². The summed E-state index contributed by atoms with van der Waals surface area (Å²) in [5, 5.41) is 4.17. The molecule has 1 fully saturated rings. The number of benzene rings is 1. The number of nitrogens with zero attached hydrogens (tertiary/aromatic N) is 2. The monoisotopic (exact) mass is 342 g/mol. The molecule has 3 amide bonds. The van der Waals surface area contributed by atoms with Gasteiger partial charge in [-0.25, -0.2) is 4.79 Å². The lowest BCUT2D eigenvalue weighted by molar-refractivity contribution is -0.127. The van der Waals surface area contributed by atoms with Crippen molar-refractivity contribution in [3.63, 3.8) is 0 Å². The van der Waals surface area contributed by atoms with Crippen molar-refractivity contribution in [1.29, 1.82) is 0 Å². The fourth-order valence-corrected chi connectivity index (χ4v) is 3.32. The van der Waals surface area contributed by atoms with E-state index in [1.807, 2.05) is 43.1 Å². The van der Waals surface area contributed by atoms with E-state index in [1.165, 1.54) is 0 Å². The summed E-state index contributed by atoms with van der Waals surface area (Å²) in [7, 11) is 0. The Labute approximate surface area is 148 Å². The van der Waals surface area contributed by atoms with E-state index >= 15 is 0 Å². The second kappa shape index (κ2) is 7.59. The van der Waals surface area contributed by atoms with Crippen LogP contribution >= 0.6 is 0 Å². The lowest BCUT2D eigenvalue weighted by Crippen LogP contribution is -2.47. The van der Waals surface area contributed by atoms with Gasteiger partial charge in [-0.2, -0.15) is 0 Å². The van der Waals surface area contributed by atoms with Crippen molar-refractivity contribution in [2.24, 2.45) is 0 Å². The molecule has 6 nitrogen and oxygen atoms in total.